The summed E-state index contributed by atoms with van der Waals surface area (Å²) in [7, 11) is 0. The molecule has 2 aromatic carbocycles. The van der Waals surface area contributed by atoms with Gasteiger partial charge in [0.05, 0.1) is 17.4 Å². The number of carbonyl (C=O) groups is 1. The van der Waals surface area contributed by atoms with Crippen molar-refractivity contribution in [1.82, 2.24) is 24.6 Å². The van der Waals surface area contributed by atoms with Gasteiger partial charge in [-0.15, -0.1) is 0 Å². The Hall–Kier alpha value is -4.27. The summed E-state index contributed by atoms with van der Waals surface area (Å²) in [5.41, 5.74) is 2.59. The Kier molecular flexibility index (Phi) is 4.94. The third kappa shape index (κ3) is 3.64. The minimum atomic E-state index is -0.536. The quantitative estimate of drug-likeness (QED) is 0.370. The van der Waals surface area contributed by atoms with Crippen LogP contribution in [0.4, 0.5) is 0 Å². The van der Waals surface area contributed by atoms with Crippen molar-refractivity contribution in [3.05, 3.63) is 65.3 Å². The van der Waals surface area contributed by atoms with Crippen LogP contribution in [0, 0.1) is 0 Å². The zero-order chi connectivity index (χ0) is 23.1. The lowest BCUT2D eigenvalue weighted by Gasteiger charge is -2.15. The molecule has 0 atom stereocenters. The van der Waals surface area contributed by atoms with Gasteiger partial charge in [-0.05, 0) is 43.2 Å². The number of likely N-dealkylation sites (tertiary alicyclic amines) is 1. The second kappa shape index (κ2) is 8.26. The van der Waals surface area contributed by atoms with Gasteiger partial charge in [0.25, 0.3) is 5.89 Å². The molecule has 0 N–H and O–H groups in total. The molecule has 1 aliphatic rings. The van der Waals surface area contributed by atoms with Gasteiger partial charge in [-0.2, -0.15) is 4.98 Å². The highest BCUT2D eigenvalue weighted by molar-refractivity contribution is 5.82. The van der Waals surface area contributed by atoms with E-state index in [0.29, 0.717) is 29.9 Å². The number of imidazole rings is 1. The number of benzene rings is 2. The molecule has 0 aliphatic carbocycles. The Bertz CT molecular complexity index is 1580. The molecular weight excluding hydrogens is 434 g/mol. The number of hydrogen-bond donors (Lipinski definition) is 0. The molecule has 3 aromatic heterocycles. The summed E-state index contributed by atoms with van der Waals surface area (Å²) in [6.07, 6.45) is 4.38. The maximum atomic E-state index is 12.4. The summed E-state index contributed by atoms with van der Waals surface area (Å²) in [5.74, 6) is 0.636. The predicted molar refractivity (Wildman–Crippen MR) is 125 cm³/mol. The van der Waals surface area contributed by atoms with Crippen LogP contribution in [0.5, 0.6) is 0 Å². The molecule has 0 spiro atoms. The first-order chi connectivity index (χ1) is 16.7. The molecule has 0 bridgehead atoms. The summed E-state index contributed by atoms with van der Waals surface area (Å²) < 4.78 is 12.7. The minimum Gasteiger partial charge on any atom is -0.422 e. The van der Waals surface area contributed by atoms with Gasteiger partial charge in [0.2, 0.25) is 11.7 Å². The highest BCUT2D eigenvalue weighted by atomic mass is 16.5. The van der Waals surface area contributed by atoms with E-state index in [1.54, 1.807) is 24.5 Å². The van der Waals surface area contributed by atoms with E-state index in [-0.39, 0.29) is 17.4 Å². The average molecular weight is 455 g/mol. The fraction of sp³-hybridized carbons (Fsp3) is 0.240. The summed E-state index contributed by atoms with van der Waals surface area (Å²) in [6, 6.07) is 14.6. The van der Waals surface area contributed by atoms with Crippen LogP contribution in [0.1, 0.15) is 19.3 Å². The normalized spacial score (nSPS) is 13.8. The van der Waals surface area contributed by atoms with E-state index < -0.39 is 5.63 Å². The van der Waals surface area contributed by atoms with Gasteiger partial charge >= 0.3 is 5.63 Å². The van der Waals surface area contributed by atoms with Gasteiger partial charge in [-0.3, -0.25) is 4.79 Å². The predicted octanol–water partition coefficient (Wildman–Crippen LogP) is 3.87. The number of para-hydroxylation sites is 1. The zero-order valence-electron chi connectivity index (χ0n) is 18.3. The van der Waals surface area contributed by atoms with E-state index in [1.807, 2.05) is 39.8 Å². The van der Waals surface area contributed by atoms with Crippen molar-refractivity contribution >= 4 is 27.9 Å². The van der Waals surface area contributed by atoms with Crippen molar-refractivity contribution in [3.63, 3.8) is 0 Å². The summed E-state index contributed by atoms with van der Waals surface area (Å²) in [6.45, 7) is 2.30. The molecule has 6 rings (SSSR count). The fourth-order valence-electron chi connectivity index (χ4n) is 4.38. The van der Waals surface area contributed by atoms with E-state index in [0.717, 1.165) is 42.4 Å². The van der Waals surface area contributed by atoms with E-state index in [1.165, 1.54) is 0 Å². The minimum absolute atomic E-state index is 0.0977. The number of rotatable bonds is 5. The van der Waals surface area contributed by atoms with Gasteiger partial charge in [-0.25, -0.2) is 9.78 Å². The third-order valence-corrected chi connectivity index (χ3v) is 6.20. The maximum Gasteiger partial charge on any atom is 0.349 e. The largest absolute Gasteiger partial charge is 0.422 e. The van der Waals surface area contributed by atoms with E-state index >= 15 is 0 Å². The van der Waals surface area contributed by atoms with Crippen LogP contribution in [0.3, 0.4) is 0 Å². The molecule has 0 unspecified atom stereocenters. The number of hydrogen-bond acceptors (Lipinski definition) is 7. The first kappa shape index (κ1) is 20.3. The zero-order valence-corrected chi connectivity index (χ0v) is 18.3. The van der Waals surface area contributed by atoms with Crippen LogP contribution >= 0.6 is 0 Å². The van der Waals surface area contributed by atoms with Crippen molar-refractivity contribution in [1.29, 1.82) is 0 Å². The van der Waals surface area contributed by atoms with Crippen molar-refractivity contribution in [3.8, 4) is 22.8 Å². The van der Waals surface area contributed by atoms with Crippen molar-refractivity contribution in [2.45, 2.75) is 25.8 Å². The van der Waals surface area contributed by atoms with Gasteiger partial charge in [0.15, 0.2) is 0 Å². The molecule has 0 saturated carbocycles. The second-order valence-corrected chi connectivity index (χ2v) is 8.39. The molecule has 1 aliphatic heterocycles. The molecule has 0 radical (unpaired) electrons. The highest BCUT2D eigenvalue weighted by Gasteiger charge is 2.19. The number of carbonyl (C=O) groups excluding carboxylic acids is 1. The number of aryl methyl sites for hydroxylation is 1. The van der Waals surface area contributed by atoms with Crippen LogP contribution < -0.4 is 5.63 Å². The molecule has 34 heavy (non-hydrogen) atoms. The SMILES string of the molecule is O=C(CCn1cnc2cc(-c3noc(-c4cc5ccccc5oc4=O)n3)ccc21)N1CCCC1. The topological polar surface area (TPSA) is 107 Å². The second-order valence-electron chi connectivity index (χ2n) is 8.39. The first-order valence-electron chi connectivity index (χ1n) is 11.3. The Morgan fingerprint density at radius 2 is 1.91 bits per heavy atom. The first-order valence-corrected chi connectivity index (χ1v) is 11.3. The molecule has 5 aromatic rings. The molecule has 4 heterocycles. The standard InChI is InChI=1S/C25H21N5O4/c31-22(29-10-3-4-11-29)9-12-30-15-26-19-14-17(7-8-20(19)30)23-27-24(34-28-23)18-13-16-5-1-2-6-21(16)33-25(18)32/h1-2,5-8,13-15H,3-4,9-12H2. The number of aromatic nitrogens is 4. The number of amides is 1. The molecule has 1 saturated heterocycles. The monoisotopic (exact) mass is 455 g/mol. The number of nitrogens with zero attached hydrogens (tertiary/aromatic N) is 5. The molecule has 9 heteroatoms. The average Bonchev–Trinajstić information content (AvgIpc) is 3.63. The van der Waals surface area contributed by atoms with Crippen molar-refractivity contribution < 1.29 is 13.7 Å². The van der Waals surface area contributed by atoms with E-state index in [4.69, 9.17) is 8.94 Å². The lowest BCUT2D eigenvalue weighted by molar-refractivity contribution is -0.130. The lowest BCUT2D eigenvalue weighted by Crippen LogP contribution is -2.28. The highest BCUT2D eigenvalue weighted by Crippen LogP contribution is 2.25. The van der Waals surface area contributed by atoms with E-state index in [2.05, 4.69) is 15.1 Å². The molecule has 1 fully saturated rings. The fourth-order valence-corrected chi connectivity index (χ4v) is 4.38. The Balaban J connectivity index is 1.25. The Morgan fingerprint density at radius 1 is 1.06 bits per heavy atom. The molecule has 9 nitrogen and oxygen atoms in total. The smallest absolute Gasteiger partial charge is 0.349 e. The molecular formula is C25H21N5O4. The van der Waals surface area contributed by atoms with E-state index in [9.17, 15) is 9.59 Å². The van der Waals surface area contributed by atoms with Crippen LogP contribution in [0.15, 0.2) is 68.6 Å². The maximum absolute atomic E-state index is 12.4. The lowest BCUT2D eigenvalue weighted by atomic mass is 10.1. The van der Waals surface area contributed by atoms with Gasteiger partial charge < -0.3 is 18.4 Å². The van der Waals surface area contributed by atoms with Gasteiger partial charge in [0.1, 0.15) is 11.1 Å². The summed E-state index contributed by atoms with van der Waals surface area (Å²) in [5, 5.41) is 4.82. The van der Waals surface area contributed by atoms with Gasteiger partial charge in [-0.1, -0.05) is 23.4 Å². The molecule has 1 amide bonds. The van der Waals surface area contributed by atoms with Crippen molar-refractivity contribution in [2.24, 2.45) is 0 Å². The van der Waals surface area contributed by atoms with Crippen LogP contribution in [0.2, 0.25) is 0 Å². The third-order valence-electron chi connectivity index (χ3n) is 6.20. The van der Waals surface area contributed by atoms with Crippen LogP contribution in [-0.4, -0.2) is 43.6 Å². The Labute approximate surface area is 193 Å². The Morgan fingerprint density at radius 3 is 2.79 bits per heavy atom. The summed E-state index contributed by atoms with van der Waals surface area (Å²) in [4.78, 5) is 35.6. The summed E-state index contributed by atoms with van der Waals surface area (Å²) >= 11 is 0. The van der Waals surface area contributed by atoms with Crippen molar-refractivity contribution in [2.75, 3.05) is 13.1 Å². The van der Waals surface area contributed by atoms with Gasteiger partial charge in [0, 0.05) is 37.0 Å². The number of fused-ring (bicyclic) bond motifs is 2. The van der Waals surface area contributed by atoms with Crippen LogP contribution in [-0.2, 0) is 11.3 Å². The molecule has 170 valence electrons. The van der Waals surface area contributed by atoms with Crippen LogP contribution in [0.25, 0.3) is 44.8 Å².